The van der Waals surface area contributed by atoms with Gasteiger partial charge in [-0.3, -0.25) is 14.4 Å². The molecule has 0 bridgehead atoms. The average Bonchev–Trinajstić information content (AvgIpc) is 2.89. The zero-order valence-corrected chi connectivity index (χ0v) is 14.2. The number of hydrogen-bond acceptors (Lipinski definition) is 4. The van der Waals surface area contributed by atoms with Gasteiger partial charge in [0.25, 0.3) is 0 Å². The van der Waals surface area contributed by atoms with E-state index in [9.17, 15) is 14.4 Å². The lowest BCUT2D eigenvalue weighted by molar-refractivity contribution is -0.130. The summed E-state index contributed by atoms with van der Waals surface area (Å²) in [7, 11) is 1.59. The SMILES string of the molecule is COC[C@H](C)N1C[C@@H](C(=O)Nc2cccc(NC(C)=O)c2)CC1=O. The third kappa shape index (κ3) is 4.55. The fourth-order valence-corrected chi connectivity index (χ4v) is 2.79. The third-order valence-corrected chi connectivity index (χ3v) is 3.92. The van der Waals surface area contributed by atoms with Crippen molar-refractivity contribution in [2.75, 3.05) is 30.9 Å². The summed E-state index contributed by atoms with van der Waals surface area (Å²) in [4.78, 5) is 37.3. The summed E-state index contributed by atoms with van der Waals surface area (Å²) in [6.07, 6.45) is 0.200. The van der Waals surface area contributed by atoms with Crippen LogP contribution in [0.5, 0.6) is 0 Å². The molecule has 1 aromatic carbocycles. The van der Waals surface area contributed by atoms with E-state index in [4.69, 9.17) is 4.74 Å². The van der Waals surface area contributed by atoms with Gasteiger partial charge in [0.15, 0.2) is 0 Å². The van der Waals surface area contributed by atoms with Crippen LogP contribution < -0.4 is 10.6 Å². The molecule has 3 amide bonds. The Morgan fingerprint density at radius 2 is 2.00 bits per heavy atom. The minimum Gasteiger partial charge on any atom is -0.383 e. The Bertz CT molecular complexity index is 632. The molecule has 130 valence electrons. The molecule has 24 heavy (non-hydrogen) atoms. The molecular weight excluding hydrogens is 310 g/mol. The smallest absolute Gasteiger partial charge is 0.229 e. The monoisotopic (exact) mass is 333 g/mol. The first-order chi connectivity index (χ1) is 11.4. The minimum absolute atomic E-state index is 0.0355. The topological polar surface area (TPSA) is 87.7 Å². The molecule has 7 heteroatoms. The molecule has 1 aliphatic rings. The number of nitrogens with zero attached hydrogens (tertiary/aromatic N) is 1. The Morgan fingerprint density at radius 3 is 2.62 bits per heavy atom. The number of likely N-dealkylation sites (tertiary alicyclic amines) is 1. The zero-order chi connectivity index (χ0) is 17.7. The average molecular weight is 333 g/mol. The fraction of sp³-hybridized carbons (Fsp3) is 0.471. The highest BCUT2D eigenvalue weighted by atomic mass is 16.5. The van der Waals surface area contributed by atoms with Gasteiger partial charge in [0.1, 0.15) is 0 Å². The van der Waals surface area contributed by atoms with E-state index in [0.29, 0.717) is 24.5 Å². The van der Waals surface area contributed by atoms with Crippen molar-refractivity contribution in [2.45, 2.75) is 26.3 Å². The molecule has 0 unspecified atom stereocenters. The van der Waals surface area contributed by atoms with Crippen molar-refractivity contribution < 1.29 is 19.1 Å². The third-order valence-electron chi connectivity index (χ3n) is 3.92. The Labute approximate surface area is 141 Å². The maximum Gasteiger partial charge on any atom is 0.229 e. The van der Waals surface area contributed by atoms with Crippen molar-refractivity contribution in [1.82, 2.24) is 4.90 Å². The summed E-state index contributed by atoms with van der Waals surface area (Å²) in [6, 6.07) is 6.85. The molecule has 1 aromatic rings. The number of carbonyl (C=O) groups excluding carboxylic acids is 3. The van der Waals surface area contributed by atoms with E-state index in [0.717, 1.165) is 0 Å². The van der Waals surface area contributed by atoms with Crippen LogP contribution in [0.3, 0.4) is 0 Å². The summed E-state index contributed by atoms with van der Waals surface area (Å²) < 4.78 is 5.07. The van der Waals surface area contributed by atoms with Gasteiger partial charge in [-0.2, -0.15) is 0 Å². The molecule has 0 saturated carbocycles. The molecule has 1 fully saturated rings. The van der Waals surface area contributed by atoms with Crippen LogP contribution in [0.25, 0.3) is 0 Å². The second-order valence-electron chi connectivity index (χ2n) is 6.00. The van der Waals surface area contributed by atoms with E-state index in [1.165, 1.54) is 6.92 Å². The molecule has 2 atom stereocenters. The number of benzene rings is 1. The van der Waals surface area contributed by atoms with Gasteiger partial charge in [-0.15, -0.1) is 0 Å². The summed E-state index contributed by atoms with van der Waals surface area (Å²) in [5.41, 5.74) is 1.19. The molecule has 0 aliphatic carbocycles. The van der Waals surface area contributed by atoms with Crippen molar-refractivity contribution in [3.05, 3.63) is 24.3 Å². The van der Waals surface area contributed by atoms with E-state index >= 15 is 0 Å². The lowest BCUT2D eigenvalue weighted by Crippen LogP contribution is -2.38. The van der Waals surface area contributed by atoms with Crippen LogP contribution in [0.2, 0.25) is 0 Å². The second kappa shape index (κ2) is 7.92. The highest BCUT2D eigenvalue weighted by molar-refractivity contribution is 5.98. The maximum atomic E-state index is 12.4. The number of nitrogens with one attached hydrogen (secondary N) is 2. The zero-order valence-electron chi connectivity index (χ0n) is 14.2. The second-order valence-corrected chi connectivity index (χ2v) is 6.00. The Hall–Kier alpha value is -2.41. The molecule has 0 spiro atoms. The van der Waals surface area contributed by atoms with Crippen LogP contribution >= 0.6 is 0 Å². The van der Waals surface area contributed by atoms with E-state index in [2.05, 4.69) is 10.6 Å². The van der Waals surface area contributed by atoms with Gasteiger partial charge >= 0.3 is 0 Å². The van der Waals surface area contributed by atoms with Crippen molar-refractivity contribution >= 4 is 29.1 Å². The molecule has 0 aromatic heterocycles. The Kier molecular flexibility index (Phi) is 5.92. The molecule has 2 N–H and O–H groups in total. The van der Waals surface area contributed by atoms with E-state index < -0.39 is 0 Å². The summed E-state index contributed by atoms with van der Waals surface area (Å²) >= 11 is 0. The quantitative estimate of drug-likeness (QED) is 0.825. The van der Waals surface area contributed by atoms with Crippen LogP contribution in [-0.2, 0) is 19.1 Å². The van der Waals surface area contributed by atoms with E-state index in [1.807, 2.05) is 6.92 Å². The first-order valence-electron chi connectivity index (χ1n) is 7.87. The van der Waals surface area contributed by atoms with Crippen molar-refractivity contribution in [1.29, 1.82) is 0 Å². The van der Waals surface area contributed by atoms with Crippen LogP contribution in [-0.4, -0.2) is 48.9 Å². The fourth-order valence-electron chi connectivity index (χ4n) is 2.79. The molecule has 2 rings (SSSR count). The lowest BCUT2D eigenvalue weighted by Gasteiger charge is -2.23. The van der Waals surface area contributed by atoms with Crippen LogP contribution in [0.4, 0.5) is 11.4 Å². The molecule has 7 nitrogen and oxygen atoms in total. The van der Waals surface area contributed by atoms with Gasteiger partial charge in [-0.05, 0) is 25.1 Å². The minimum atomic E-state index is -0.388. The molecule has 1 saturated heterocycles. The van der Waals surface area contributed by atoms with Gasteiger partial charge < -0.3 is 20.3 Å². The number of anilines is 2. The number of ether oxygens (including phenoxy) is 1. The summed E-state index contributed by atoms with van der Waals surface area (Å²) in [6.45, 7) is 4.16. The predicted octanol–water partition coefficient (Wildman–Crippen LogP) is 1.47. The number of rotatable bonds is 6. The highest BCUT2D eigenvalue weighted by Gasteiger charge is 2.36. The molecule has 1 heterocycles. The van der Waals surface area contributed by atoms with E-state index in [-0.39, 0.29) is 36.1 Å². The number of methoxy groups -OCH3 is 1. The highest BCUT2D eigenvalue weighted by Crippen LogP contribution is 2.23. The first-order valence-corrected chi connectivity index (χ1v) is 7.87. The number of amides is 3. The standard InChI is InChI=1S/C17H23N3O4/c1-11(10-24-3)20-9-13(7-16(20)22)17(23)19-15-6-4-5-14(8-15)18-12(2)21/h4-6,8,11,13H,7,9-10H2,1-3H3,(H,18,21)(H,19,23)/t11-,13-/m0/s1. The van der Waals surface area contributed by atoms with Crippen LogP contribution in [0, 0.1) is 5.92 Å². The van der Waals surface area contributed by atoms with Gasteiger partial charge in [0.05, 0.1) is 18.6 Å². The van der Waals surface area contributed by atoms with Crippen molar-refractivity contribution in [2.24, 2.45) is 5.92 Å². The Morgan fingerprint density at radius 1 is 1.33 bits per heavy atom. The van der Waals surface area contributed by atoms with Crippen molar-refractivity contribution in [3.63, 3.8) is 0 Å². The molecular formula is C17H23N3O4. The van der Waals surface area contributed by atoms with Gasteiger partial charge in [-0.25, -0.2) is 0 Å². The molecule has 0 radical (unpaired) electrons. The van der Waals surface area contributed by atoms with Gasteiger partial charge in [0.2, 0.25) is 17.7 Å². The summed E-state index contributed by atoms with van der Waals surface area (Å²) in [5.74, 6) is -0.800. The van der Waals surface area contributed by atoms with Gasteiger partial charge in [-0.1, -0.05) is 6.07 Å². The summed E-state index contributed by atoms with van der Waals surface area (Å²) in [5, 5.41) is 5.47. The van der Waals surface area contributed by atoms with Crippen LogP contribution in [0.15, 0.2) is 24.3 Å². The lowest BCUT2D eigenvalue weighted by atomic mass is 10.1. The number of hydrogen-bond donors (Lipinski definition) is 2. The molecule has 1 aliphatic heterocycles. The first kappa shape index (κ1) is 17.9. The predicted molar refractivity (Wildman–Crippen MR) is 90.5 cm³/mol. The Balaban J connectivity index is 1.98. The maximum absolute atomic E-state index is 12.4. The van der Waals surface area contributed by atoms with Crippen molar-refractivity contribution in [3.8, 4) is 0 Å². The normalized spacial score (nSPS) is 18.4. The number of carbonyl (C=O) groups is 3. The largest absolute Gasteiger partial charge is 0.383 e. The van der Waals surface area contributed by atoms with Gasteiger partial charge in [0, 0.05) is 38.4 Å². The van der Waals surface area contributed by atoms with Crippen LogP contribution in [0.1, 0.15) is 20.3 Å². The van der Waals surface area contributed by atoms with E-state index in [1.54, 1.807) is 36.3 Å².